The van der Waals surface area contributed by atoms with Crippen LogP contribution in [0.2, 0.25) is 5.02 Å². The first-order valence-corrected chi connectivity index (χ1v) is 24.4. The fourth-order valence-electron chi connectivity index (χ4n) is 9.50. The monoisotopic (exact) mass is 967 g/mol. The van der Waals surface area contributed by atoms with Crippen molar-refractivity contribution in [3.05, 3.63) is 91.2 Å². The maximum Gasteiger partial charge on any atom is 0.509 e. The number of carbonyl (C=O) groups excluding carboxylic acids is 4. The Morgan fingerprint density at radius 1 is 1.04 bits per heavy atom. The molecule has 0 bridgehead atoms. The number of cyclic esters (lactones) is 1. The average Bonchev–Trinajstić information content (AvgIpc) is 3.60. The molecule has 3 atom stereocenters. The summed E-state index contributed by atoms with van der Waals surface area (Å²) in [5.41, 5.74) is 10.0. The van der Waals surface area contributed by atoms with Crippen molar-refractivity contribution in [1.82, 2.24) is 30.4 Å². The van der Waals surface area contributed by atoms with Gasteiger partial charge in [0.2, 0.25) is 11.8 Å². The van der Waals surface area contributed by atoms with Crippen LogP contribution in [0, 0.1) is 24.2 Å². The third kappa shape index (κ3) is 11.7. The van der Waals surface area contributed by atoms with Crippen molar-refractivity contribution in [3.8, 4) is 11.4 Å². The van der Waals surface area contributed by atoms with Crippen molar-refractivity contribution in [2.75, 3.05) is 25.0 Å². The Balaban J connectivity index is 1.09. The maximum atomic E-state index is 14.6. The van der Waals surface area contributed by atoms with Gasteiger partial charge in [-0.25, -0.2) is 9.78 Å². The fourth-order valence-corrected chi connectivity index (χ4v) is 9.65. The average molecular weight is 969 g/mol. The van der Waals surface area contributed by atoms with Crippen molar-refractivity contribution in [3.63, 3.8) is 0 Å². The third-order valence-corrected chi connectivity index (χ3v) is 13.9. The topological polar surface area (TPSA) is 232 Å². The zero-order valence-electron chi connectivity index (χ0n) is 40.7. The Kier molecular flexibility index (Phi) is 16.0. The number of nitrogens with zero attached hydrogens (tertiary/aromatic N) is 3. The van der Waals surface area contributed by atoms with Gasteiger partial charge in [0.15, 0.2) is 11.6 Å². The van der Waals surface area contributed by atoms with Gasteiger partial charge in [-0.2, -0.15) is 0 Å². The van der Waals surface area contributed by atoms with E-state index in [0.29, 0.717) is 64.2 Å². The summed E-state index contributed by atoms with van der Waals surface area (Å²) >= 11 is 6.67. The number of carbonyl (C=O) groups is 4. The van der Waals surface area contributed by atoms with Crippen LogP contribution < -0.4 is 32.6 Å². The zero-order chi connectivity index (χ0) is 49.7. The Morgan fingerprint density at radius 2 is 1.77 bits per heavy atom. The highest BCUT2D eigenvalue weighted by Crippen LogP contribution is 2.43. The molecule has 0 unspecified atom stereocenters. The number of nitrogens with two attached hydrogens (primary N) is 1. The van der Waals surface area contributed by atoms with Gasteiger partial charge in [-0.15, -0.1) is 0 Å². The van der Waals surface area contributed by atoms with Crippen LogP contribution in [0.15, 0.2) is 47.3 Å². The number of aryl methyl sites for hydroxylation is 1. The Morgan fingerprint density at radius 3 is 2.43 bits per heavy atom. The molecule has 2 amide bonds. The third-order valence-electron chi connectivity index (χ3n) is 13.5. The molecule has 69 heavy (non-hydrogen) atoms. The number of amides is 2. The second-order valence-electron chi connectivity index (χ2n) is 19.4. The number of anilines is 1. The molecule has 370 valence electrons. The number of halogens is 1. The van der Waals surface area contributed by atoms with Gasteiger partial charge >= 0.3 is 12.1 Å². The predicted molar refractivity (Wildman–Crippen MR) is 265 cm³/mol. The lowest BCUT2D eigenvalue weighted by Gasteiger charge is -2.31. The predicted octanol–water partition coefficient (Wildman–Crippen LogP) is 6.73. The number of guanidine groups is 1. The highest BCUT2D eigenvalue weighted by atomic mass is 35.5. The van der Waals surface area contributed by atoms with Crippen LogP contribution in [0.1, 0.15) is 113 Å². The summed E-state index contributed by atoms with van der Waals surface area (Å²) in [7, 11) is 0. The minimum Gasteiger partial charge on any atom is -0.460 e. The maximum absolute atomic E-state index is 14.6. The summed E-state index contributed by atoms with van der Waals surface area (Å²) in [5, 5.41) is 20.8. The van der Waals surface area contributed by atoms with Crippen LogP contribution >= 0.6 is 11.6 Å². The van der Waals surface area contributed by atoms with Crippen LogP contribution in [-0.4, -0.2) is 82.1 Å². The normalized spacial score (nSPS) is 17.9. The molecule has 0 spiro atoms. The smallest absolute Gasteiger partial charge is 0.460 e. The van der Waals surface area contributed by atoms with Crippen LogP contribution in [0.25, 0.3) is 22.3 Å². The van der Waals surface area contributed by atoms with Gasteiger partial charge in [-0.3, -0.25) is 29.5 Å². The fraction of sp³-hybridized carbons (Fsp3) is 0.510. The minimum absolute atomic E-state index is 0.0328. The molecule has 3 aliphatic heterocycles. The SMILES string of the molecule is CC[C@@]1(OC(=O)OCc2ccc(NC(=O)[C@H](CCCNC(=N)N)NC(=O)[C@@H](NC(C)C)C(C)C)cc2)CC(=O)OCc2c1cc1n(c2=O)Cc2c-1nc1cc(Cl)c(C)cc1c2CN1CCC(C)CC1. The number of fused-ring (bicyclic) bond motifs is 5. The van der Waals surface area contributed by atoms with Crippen molar-refractivity contribution < 1.29 is 33.4 Å². The van der Waals surface area contributed by atoms with Crippen molar-refractivity contribution in [2.45, 2.75) is 137 Å². The molecule has 2 aromatic carbocycles. The zero-order valence-corrected chi connectivity index (χ0v) is 41.4. The Bertz CT molecular complexity index is 2660. The summed E-state index contributed by atoms with van der Waals surface area (Å²) in [6.07, 6.45) is 1.71. The molecule has 4 aromatic rings. The number of hydrogen-bond donors (Lipinski definition) is 6. The second-order valence-corrected chi connectivity index (χ2v) is 19.8. The molecule has 1 fully saturated rings. The molecule has 17 nitrogen and oxygen atoms in total. The molecule has 2 aromatic heterocycles. The van der Waals surface area contributed by atoms with E-state index in [4.69, 9.17) is 41.9 Å². The van der Waals surface area contributed by atoms with Gasteiger partial charge in [-0.1, -0.05) is 65.3 Å². The van der Waals surface area contributed by atoms with Gasteiger partial charge in [0.05, 0.1) is 41.5 Å². The van der Waals surface area contributed by atoms with E-state index >= 15 is 0 Å². The molecule has 7 N–H and O–H groups in total. The molecule has 5 heterocycles. The number of hydrogen-bond acceptors (Lipinski definition) is 12. The van der Waals surface area contributed by atoms with Crippen molar-refractivity contribution in [2.24, 2.45) is 17.6 Å². The number of likely N-dealkylation sites (tertiary alicyclic amines) is 1. The summed E-state index contributed by atoms with van der Waals surface area (Å²) < 4.78 is 19.0. The Hall–Kier alpha value is -6.04. The molecule has 1 saturated heterocycles. The Labute approximate surface area is 408 Å². The second kappa shape index (κ2) is 21.7. The van der Waals surface area contributed by atoms with Gasteiger partial charge in [-0.05, 0) is 111 Å². The van der Waals surface area contributed by atoms with E-state index in [1.165, 1.54) is 0 Å². The summed E-state index contributed by atoms with van der Waals surface area (Å²) in [6.45, 7) is 16.6. The number of nitrogens with one attached hydrogen (secondary N) is 5. The van der Waals surface area contributed by atoms with Crippen LogP contribution in [0.4, 0.5) is 10.5 Å². The highest BCUT2D eigenvalue weighted by Gasteiger charge is 2.45. The minimum atomic E-state index is -1.59. The first kappa shape index (κ1) is 50.8. The van der Waals surface area contributed by atoms with Crippen LogP contribution in [0.5, 0.6) is 0 Å². The molecule has 3 aliphatic rings. The first-order valence-electron chi connectivity index (χ1n) is 24.0. The first-order chi connectivity index (χ1) is 32.9. The lowest BCUT2D eigenvalue weighted by Crippen LogP contribution is -2.54. The summed E-state index contributed by atoms with van der Waals surface area (Å²) in [5.74, 6) is -0.908. The van der Waals surface area contributed by atoms with Gasteiger partial charge in [0, 0.05) is 46.4 Å². The molecule has 0 radical (unpaired) electrons. The largest absolute Gasteiger partial charge is 0.509 e. The van der Waals surface area contributed by atoms with Gasteiger partial charge < -0.3 is 45.8 Å². The lowest BCUT2D eigenvalue weighted by molar-refractivity contribution is -0.150. The van der Waals surface area contributed by atoms with Gasteiger partial charge in [0.1, 0.15) is 19.3 Å². The lowest BCUT2D eigenvalue weighted by atomic mass is 9.85. The summed E-state index contributed by atoms with van der Waals surface area (Å²) in [4.78, 5) is 76.1. The summed E-state index contributed by atoms with van der Waals surface area (Å²) in [6, 6.07) is 11.1. The quantitative estimate of drug-likeness (QED) is 0.0246. The van der Waals surface area contributed by atoms with E-state index in [1.54, 1.807) is 35.8 Å². The molecule has 7 rings (SSSR count). The van der Waals surface area contributed by atoms with Crippen molar-refractivity contribution in [1.29, 1.82) is 5.41 Å². The van der Waals surface area contributed by atoms with E-state index in [1.807, 2.05) is 46.8 Å². The van der Waals surface area contributed by atoms with Gasteiger partial charge in [0.25, 0.3) is 5.56 Å². The number of benzene rings is 2. The molecule has 0 aliphatic carbocycles. The molecule has 0 saturated carbocycles. The number of aromatic nitrogens is 2. The molecular formula is C51H66ClN9O8. The number of rotatable bonds is 17. The number of pyridine rings is 2. The number of esters is 1. The van der Waals surface area contributed by atoms with E-state index in [9.17, 15) is 24.0 Å². The van der Waals surface area contributed by atoms with E-state index in [0.717, 1.165) is 48.0 Å². The number of piperidine rings is 1. The van der Waals surface area contributed by atoms with E-state index < -0.39 is 35.7 Å². The highest BCUT2D eigenvalue weighted by molar-refractivity contribution is 6.32. The van der Waals surface area contributed by atoms with E-state index in [2.05, 4.69) is 39.2 Å². The van der Waals surface area contributed by atoms with Crippen molar-refractivity contribution >= 4 is 58.1 Å². The molecule has 18 heteroatoms. The van der Waals surface area contributed by atoms with E-state index in [-0.39, 0.29) is 74.0 Å². The number of ether oxygens (including phenoxy) is 3. The van der Waals surface area contributed by atoms with Crippen LogP contribution in [-0.2, 0) is 60.5 Å². The standard InChI is InChI=1S/C51H66ClN9O8/c1-8-51(69-50(66)68-26-32-11-13-33(14-12-32)57-46(63)40(10-9-17-55-49(53)54)59-47(64)44(28(2)3)56-29(4)5)23-43(62)67-27-37-38(51)21-42-45-36(25-61(42)48(37)65)35(24-60-18-15-30(6)16-19-60)34-20-31(7)39(52)22-41(34)58-45/h11-14,20-22,28-30,40,44,56H,8-10,15-19,23-27H2,1-7H3,(H,57,63)(H,59,64)(H4,53,54,55)/t40-,44-,51+/m0/s1. The molecular weight excluding hydrogens is 902 g/mol. The van der Waals surface area contributed by atoms with Crippen LogP contribution in [0.3, 0.4) is 0 Å².